The van der Waals surface area contributed by atoms with Crippen LogP contribution in [0.25, 0.3) is 83.4 Å². The molecule has 0 aliphatic heterocycles. The van der Waals surface area contributed by atoms with Gasteiger partial charge in [-0.05, 0) is 103 Å². The highest BCUT2D eigenvalue weighted by molar-refractivity contribution is 6.20. The van der Waals surface area contributed by atoms with E-state index in [2.05, 4.69) is 164 Å². The fourth-order valence-corrected chi connectivity index (χ4v) is 8.13. The monoisotopic (exact) mass is 586 g/mol. The van der Waals surface area contributed by atoms with Gasteiger partial charge in [-0.3, -0.25) is 4.57 Å². The zero-order chi connectivity index (χ0) is 30.6. The molecule has 1 heterocycles. The van der Waals surface area contributed by atoms with Crippen molar-refractivity contribution in [3.05, 3.63) is 157 Å². The first-order valence-corrected chi connectivity index (χ1v) is 16.1. The Labute approximate surface area is 268 Å². The van der Waals surface area contributed by atoms with Gasteiger partial charge in [-0.25, -0.2) is 4.98 Å². The molecule has 0 fully saturated rings. The van der Waals surface area contributed by atoms with Gasteiger partial charge in [0.05, 0.1) is 11.0 Å². The molecule has 2 heteroatoms. The zero-order valence-corrected chi connectivity index (χ0v) is 25.8. The number of hydrogen-bond donors (Lipinski definition) is 0. The number of benzene rings is 7. The van der Waals surface area contributed by atoms with E-state index in [0.29, 0.717) is 0 Å². The predicted molar refractivity (Wildman–Crippen MR) is 191 cm³/mol. The predicted octanol–water partition coefficient (Wildman–Crippen LogP) is 11.5. The molecule has 0 saturated carbocycles. The average Bonchev–Trinajstić information content (AvgIpc) is 3.73. The van der Waals surface area contributed by atoms with Gasteiger partial charge in [-0.1, -0.05) is 123 Å². The highest BCUT2D eigenvalue weighted by atomic mass is 15.1. The summed E-state index contributed by atoms with van der Waals surface area (Å²) in [5, 5.41) is 2.76. The Morgan fingerprint density at radius 2 is 1.17 bits per heavy atom. The maximum absolute atomic E-state index is 5.07. The number of para-hydroxylation sites is 3. The molecule has 0 atom stereocenters. The second-order valence-corrected chi connectivity index (χ2v) is 13.2. The van der Waals surface area contributed by atoms with E-state index in [1.807, 2.05) is 0 Å². The van der Waals surface area contributed by atoms with Crippen molar-refractivity contribution >= 4 is 21.8 Å². The highest BCUT2D eigenvalue weighted by Crippen LogP contribution is 2.57. The summed E-state index contributed by atoms with van der Waals surface area (Å²) in [6, 6.07) is 53.1. The molecule has 0 N–H and O–H groups in total. The van der Waals surface area contributed by atoms with Crippen LogP contribution in [0.1, 0.15) is 25.0 Å². The molecule has 46 heavy (non-hydrogen) atoms. The molecule has 2 nitrogen and oxygen atoms in total. The summed E-state index contributed by atoms with van der Waals surface area (Å²) in [6.45, 7) is 4.78. The first kappa shape index (κ1) is 25.6. The number of hydrogen-bond acceptors (Lipinski definition) is 1. The van der Waals surface area contributed by atoms with Crippen molar-refractivity contribution in [3.63, 3.8) is 0 Å². The standard InChI is InChI=1S/C44H30N2/c1-44(2)37-25-29(23-24-34(37)42-35-16-10-15-33-31-13-6-7-14-32(31)36(41(33)35)26-38(42)44)27-19-21-28(22-20-27)43-45-39-17-8-9-18-40(39)46(43)30-11-4-3-5-12-30/h3-26H,1-2H3. The SMILES string of the molecule is CC1(C)c2cc(-c3ccc(-c4nc5ccccc5n4-c4ccccc4)cc3)ccc2-c2c1cc1c3c(cccc23)-c2ccccc2-1. The van der Waals surface area contributed by atoms with E-state index in [4.69, 9.17) is 4.98 Å². The van der Waals surface area contributed by atoms with E-state index in [9.17, 15) is 0 Å². The van der Waals surface area contributed by atoms with Crippen LogP contribution in [0.4, 0.5) is 0 Å². The lowest BCUT2D eigenvalue weighted by molar-refractivity contribution is 0.661. The van der Waals surface area contributed by atoms with Crippen LogP contribution in [0.3, 0.4) is 0 Å². The minimum absolute atomic E-state index is 0.112. The number of imidazole rings is 1. The Bertz CT molecular complexity index is 2530. The van der Waals surface area contributed by atoms with Gasteiger partial charge in [0.25, 0.3) is 0 Å². The Balaban J connectivity index is 1.08. The third kappa shape index (κ3) is 3.39. The Hall–Kier alpha value is -5.73. The van der Waals surface area contributed by atoms with Gasteiger partial charge in [0.2, 0.25) is 0 Å². The van der Waals surface area contributed by atoms with Crippen molar-refractivity contribution in [1.82, 2.24) is 9.55 Å². The van der Waals surface area contributed by atoms with Gasteiger partial charge < -0.3 is 0 Å². The first-order chi connectivity index (χ1) is 22.6. The van der Waals surface area contributed by atoms with E-state index in [1.165, 1.54) is 66.4 Å². The smallest absolute Gasteiger partial charge is 0.145 e. The maximum atomic E-state index is 5.07. The van der Waals surface area contributed by atoms with Gasteiger partial charge in [-0.2, -0.15) is 0 Å². The molecule has 2 aliphatic rings. The van der Waals surface area contributed by atoms with Crippen molar-refractivity contribution in [3.8, 4) is 61.6 Å². The molecule has 0 saturated heterocycles. The zero-order valence-electron chi connectivity index (χ0n) is 25.8. The van der Waals surface area contributed by atoms with Crippen molar-refractivity contribution in [2.24, 2.45) is 0 Å². The van der Waals surface area contributed by atoms with Gasteiger partial charge in [0.1, 0.15) is 5.82 Å². The molecular formula is C44H30N2. The van der Waals surface area contributed by atoms with Gasteiger partial charge in [0.15, 0.2) is 0 Å². The van der Waals surface area contributed by atoms with Gasteiger partial charge >= 0.3 is 0 Å². The summed E-state index contributed by atoms with van der Waals surface area (Å²) in [7, 11) is 0. The van der Waals surface area contributed by atoms with E-state index in [1.54, 1.807) is 0 Å². The molecule has 0 amide bonds. The molecule has 216 valence electrons. The van der Waals surface area contributed by atoms with Crippen LogP contribution in [-0.4, -0.2) is 9.55 Å². The van der Waals surface area contributed by atoms with Crippen molar-refractivity contribution < 1.29 is 0 Å². The normalized spacial score (nSPS) is 13.6. The lowest BCUT2D eigenvalue weighted by Crippen LogP contribution is -2.15. The fourth-order valence-electron chi connectivity index (χ4n) is 8.13. The Morgan fingerprint density at radius 1 is 0.500 bits per heavy atom. The van der Waals surface area contributed by atoms with Crippen LogP contribution in [0.5, 0.6) is 0 Å². The number of aromatic nitrogens is 2. The topological polar surface area (TPSA) is 17.8 Å². The van der Waals surface area contributed by atoms with Crippen LogP contribution in [0.15, 0.2) is 146 Å². The maximum Gasteiger partial charge on any atom is 0.145 e. The number of nitrogens with zero attached hydrogens (tertiary/aromatic N) is 2. The van der Waals surface area contributed by atoms with Gasteiger partial charge in [0, 0.05) is 16.7 Å². The van der Waals surface area contributed by atoms with E-state index in [0.717, 1.165) is 28.1 Å². The summed E-state index contributed by atoms with van der Waals surface area (Å²) in [5.74, 6) is 0.953. The molecule has 0 unspecified atom stereocenters. The minimum Gasteiger partial charge on any atom is -0.292 e. The number of rotatable bonds is 3. The summed E-state index contributed by atoms with van der Waals surface area (Å²) in [6.07, 6.45) is 0. The molecule has 0 spiro atoms. The van der Waals surface area contributed by atoms with Gasteiger partial charge in [-0.15, -0.1) is 0 Å². The lowest BCUT2D eigenvalue weighted by atomic mass is 9.80. The summed E-state index contributed by atoms with van der Waals surface area (Å²) in [5.41, 5.74) is 17.7. The molecule has 1 aromatic heterocycles. The Morgan fingerprint density at radius 3 is 2.00 bits per heavy atom. The van der Waals surface area contributed by atoms with E-state index < -0.39 is 0 Å². The van der Waals surface area contributed by atoms with E-state index >= 15 is 0 Å². The van der Waals surface area contributed by atoms with E-state index in [-0.39, 0.29) is 5.41 Å². The van der Waals surface area contributed by atoms with Crippen LogP contribution in [-0.2, 0) is 5.41 Å². The van der Waals surface area contributed by atoms with Crippen molar-refractivity contribution in [1.29, 1.82) is 0 Å². The highest BCUT2D eigenvalue weighted by Gasteiger charge is 2.39. The van der Waals surface area contributed by atoms with Crippen LogP contribution in [0.2, 0.25) is 0 Å². The second kappa shape index (κ2) is 9.15. The molecule has 7 aromatic carbocycles. The summed E-state index contributed by atoms with van der Waals surface area (Å²) in [4.78, 5) is 5.07. The molecular weight excluding hydrogens is 556 g/mol. The lowest BCUT2D eigenvalue weighted by Gasteiger charge is -2.23. The summed E-state index contributed by atoms with van der Waals surface area (Å²) >= 11 is 0. The average molecular weight is 587 g/mol. The van der Waals surface area contributed by atoms with Crippen LogP contribution in [0, 0.1) is 0 Å². The fraction of sp³-hybridized carbons (Fsp3) is 0.0682. The first-order valence-electron chi connectivity index (χ1n) is 16.1. The van der Waals surface area contributed by atoms with Crippen molar-refractivity contribution in [2.75, 3.05) is 0 Å². The largest absolute Gasteiger partial charge is 0.292 e. The van der Waals surface area contributed by atoms with Crippen LogP contribution >= 0.6 is 0 Å². The second-order valence-electron chi connectivity index (χ2n) is 13.2. The number of fused-ring (bicyclic) bond motifs is 8. The molecule has 2 aliphatic carbocycles. The third-order valence-corrected chi connectivity index (χ3v) is 10.4. The van der Waals surface area contributed by atoms with Crippen molar-refractivity contribution in [2.45, 2.75) is 19.3 Å². The minimum atomic E-state index is -0.112. The quantitative estimate of drug-likeness (QED) is 0.201. The molecule has 8 aromatic rings. The molecule has 0 bridgehead atoms. The third-order valence-electron chi connectivity index (χ3n) is 10.4. The van der Waals surface area contributed by atoms with Crippen LogP contribution < -0.4 is 0 Å². The molecule has 0 radical (unpaired) electrons. The summed E-state index contributed by atoms with van der Waals surface area (Å²) < 4.78 is 2.26. The Kier molecular flexibility index (Phi) is 5.09. The molecule has 10 rings (SSSR count).